The van der Waals surface area contributed by atoms with Gasteiger partial charge in [-0.1, -0.05) is 6.92 Å². The molecule has 0 spiro atoms. The number of ether oxygens (including phenoxy) is 3. The van der Waals surface area contributed by atoms with Crippen LogP contribution in [0.3, 0.4) is 0 Å². The highest BCUT2D eigenvalue weighted by atomic mass is 32.2. The van der Waals surface area contributed by atoms with Crippen LogP contribution in [0.4, 0.5) is 5.69 Å². The van der Waals surface area contributed by atoms with Gasteiger partial charge in [0.05, 0.1) is 49.6 Å². The maximum absolute atomic E-state index is 13.5. The number of carbonyl (C=O) groups excluding carboxylic acids is 1. The number of aliphatic hydroxyl groups is 1. The van der Waals surface area contributed by atoms with Crippen molar-refractivity contribution < 1.29 is 40.9 Å². The van der Waals surface area contributed by atoms with E-state index in [-0.39, 0.29) is 53.4 Å². The lowest BCUT2D eigenvalue weighted by Crippen LogP contribution is -2.48. The number of rotatable bonds is 11. The van der Waals surface area contributed by atoms with Crippen LogP contribution in [0.2, 0.25) is 0 Å². The molecule has 1 heterocycles. The zero-order chi connectivity index (χ0) is 32.9. The van der Waals surface area contributed by atoms with Crippen LogP contribution in [0.5, 0.6) is 17.2 Å². The zero-order valence-corrected chi connectivity index (χ0v) is 27.5. The molecule has 0 aromatic heterocycles. The predicted molar refractivity (Wildman–Crippen MR) is 169 cm³/mol. The smallest absolute Gasteiger partial charge is 0.261 e. The molecule has 3 aromatic rings. The molecule has 0 bridgehead atoms. The minimum atomic E-state index is -3.97. The van der Waals surface area contributed by atoms with Gasteiger partial charge in [-0.05, 0) is 73.7 Å². The van der Waals surface area contributed by atoms with Crippen LogP contribution in [0.25, 0.3) is 0 Å². The van der Waals surface area contributed by atoms with E-state index in [1.807, 2.05) is 6.92 Å². The molecule has 0 radical (unpaired) electrons. The summed E-state index contributed by atoms with van der Waals surface area (Å²) >= 11 is 0. The minimum Gasteiger partial charge on any atom is -0.497 e. The van der Waals surface area contributed by atoms with Gasteiger partial charge >= 0.3 is 0 Å². The molecule has 14 heteroatoms. The van der Waals surface area contributed by atoms with Crippen molar-refractivity contribution in [2.24, 2.45) is 5.92 Å². The second-order valence-electron chi connectivity index (χ2n) is 11.0. The summed E-state index contributed by atoms with van der Waals surface area (Å²) in [6, 6.07) is 16.1. The van der Waals surface area contributed by atoms with Crippen LogP contribution in [0, 0.1) is 5.92 Å². The molecule has 1 aliphatic heterocycles. The standard InChI is InChI=1S/C31H39N3O9S2/c1-21-18-34(22(2)20-35)31(36)17-23-16-24(32-44(37,38)27-11-7-25(41-4)8-12-27)6-15-29(23)43-30(21)19-33(3)45(39,40)28-13-9-26(42-5)10-14-28/h6-16,21-22,30,32,35H,17-20H2,1-5H3/t21-,22-,30+/m0/s1. The lowest BCUT2D eigenvalue weighted by Gasteiger charge is -2.33. The number of carbonyl (C=O) groups is 1. The Bertz CT molecular complexity index is 1700. The molecule has 12 nitrogen and oxygen atoms in total. The summed E-state index contributed by atoms with van der Waals surface area (Å²) in [7, 11) is -3.44. The van der Waals surface area contributed by atoms with E-state index >= 15 is 0 Å². The van der Waals surface area contributed by atoms with Crippen LogP contribution in [0.15, 0.2) is 76.5 Å². The number of nitrogens with one attached hydrogen (secondary N) is 1. The normalized spacial score (nSPS) is 18.2. The lowest BCUT2D eigenvalue weighted by molar-refractivity contribution is -0.134. The average Bonchev–Trinajstić information content (AvgIpc) is 3.07. The number of benzene rings is 3. The van der Waals surface area contributed by atoms with Gasteiger partial charge in [0.2, 0.25) is 15.9 Å². The first kappa shape index (κ1) is 34.0. The number of hydrogen-bond donors (Lipinski definition) is 2. The SMILES string of the molecule is COc1ccc(S(=O)(=O)Nc2ccc3c(c2)CC(=O)N([C@@H](C)CO)C[C@H](C)[C@@H](CN(C)S(=O)(=O)c2ccc(OC)cc2)O3)cc1. The maximum atomic E-state index is 13.5. The lowest BCUT2D eigenvalue weighted by atomic mass is 10.0. The molecule has 244 valence electrons. The first-order valence-electron chi connectivity index (χ1n) is 14.3. The fourth-order valence-corrected chi connectivity index (χ4v) is 7.19. The summed E-state index contributed by atoms with van der Waals surface area (Å²) in [4.78, 5) is 15.2. The summed E-state index contributed by atoms with van der Waals surface area (Å²) in [5.74, 6) is 0.713. The zero-order valence-electron chi connectivity index (χ0n) is 25.8. The van der Waals surface area contributed by atoms with Crippen LogP contribution >= 0.6 is 0 Å². The van der Waals surface area contributed by atoms with Crippen molar-refractivity contribution in [1.29, 1.82) is 0 Å². The number of hydrogen-bond acceptors (Lipinski definition) is 9. The molecule has 45 heavy (non-hydrogen) atoms. The topological polar surface area (TPSA) is 152 Å². The van der Waals surface area contributed by atoms with E-state index in [2.05, 4.69) is 4.72 Å². The van der Waals surface area contributed by atoms with Crippen molar-refractivity contribution in [3.8, 4) is 17.2 Å². The third-order valence-corrected chi connectivity index (χ3v) is 11.0. The third-order valence-electron chi connectivity index (χ3n) is 7.74. The summed E-state index contributed by atoms with van der Waals surface area (Å²) in [5.41, 5.74) is 0.621. The molecule has 0 fully saturated rings. The van der Waals surface area contributed by atoms with Crippen LogP contribution in [0.1, 0.15) is 19.4 Å². The summed E-state index contributed by atoms with van der Waals surface area (Å²) < 4.78 is 73.5. The Balaban J connectivity index is 1.66. The fourth-order valence-electron chi connectivity index (χ4n) is 4.96. The van der Waals surface area contributed by atoms with Crippen molar-refractivity contribution in [3.63, 3.8) is 0 Å². The molecule has 2 N–H and O–H groups in total. The molecule has 3 atom stereocenters. The van der Waals surface area contributed by atoms with E-state index in [1.165, 1.54) is 74.1 Å². The van der Waals surface area contributed by atoms with E-state index in [0.717, 1.165) is 0 Å². The molecule has 3 aromatic carbocycles. The largest absolute Gasteiger partial charge is 0.497 e. The van der Waals surface area contributed by atoms with Crippen molar-refractivity contribution in [1.82, 2.24) is 9.21 Å². The number of aliphatic hydroxyl groups excluding tert-OH is 1. The number of fused-ring (bicyclic) bond motifs is 1. The van der Waals surface area contributed by atoms with Crippen molar-refractivity contribution >= 4 is 31.6 Å². The molecule has 1 amide bonds. The summed E-state index contributed by atoms with van der Waals surface area (Å²) in [6.45, 7) is 3.46. The number of amides is 1. The molecular weight excluding hydrogens is 622 g/mol. The van der Waals surface area contributed by atoms with Gasteiger partial charge < -0.3 is 24.2 Å². The van der Waals surface area contributed by atoms with E-state index < -0.39 is 32.2 Å². The van der Waals surface area contributed by atoms with Crippen molar-refractivity contribution in [3.05, 3.63) is 72.3 Å². The first-order valence-corrected chi connectivity index (χ1v) is 17.2. The van der Waals surface area contributed by atoms with Gasteiger partial charge in [-0.2, -0.15) is 4.31 Å². The highest BCUT2D eigenvalue weighted by Crippen LogP contribution is 2.31. The Morgan fingerprint density at radius 2 is 1.56 bits per heavy atom. The van der Waals surface area contributed by atoms with Gasteiger partial charge in [-0.25, -0.2) is 16.8 Å². The van der Waals surface area contributed by atoms with Crippen LogP contribution < -0.4 is 18.9 Å². The highest BCUT2D eigenvalue weighted by Gasteiger charge is 2.33. The second kappa shape index (κ2) is 14.1. The Labute approximate surface area is 264 Å². The van der Waals surface area contributed by atoms with E-state index in [9.17, 15) is 26.7 Å². The Kier molecular flexibility index (Phi) is 10.6. The van der Waals surface area contributed by atoms with Gasteiger partial charge in [0.15, 0.2) is 0 Å². The van der Waals surface area contributed by atoms with Gasteiger partial charge in [0.1, 0.15) is 23.4 Å². The molecule has 0 saturated heterocycles. The average molecular weight is 662 g/mol. The fraction of sp³-hybridized carbons (Fsp3) is 0.387. The molecule has 0 aliphatic carbocycles. The molecular formula is C31H39N3O9S2. The first-order chi connectivity index (χ1) is 21.3. The molecule has 0 unspecified atom stereocenters. The maximum Gasteiger partial charge on any atom is 0.261 e. The predicted octanol–water partition coefficient (Wildman–Crippen LogP) is 2.97. The summed E-state index contributed by atoms with van der Waals surface area (Å²) in [5, 5.41) is 9.91. The molecule has 4 rings (SSSR count). The Morgan fingerprint density at radius 3 is 2.11 bits per heavy atom. The number of sulfonamides is 2. The number of methoxy groups -OCH3 is 2. The molecule has 1 aliphatic rings. The minimum absolute atomic E-state index is 0.0251. The van der Waals surface area contributed by atoms with Gasteiger partial charge in [-0.15, -0.1) is 0 Å². The Hall–Kier alpha value is -3.85. The van der Waals surface area contributed by atoms with E-state index in [4.69, 9.17) is 14.2 Å². The molecule has 0 saturated carbocycles. The monoisotopic (exact) mass is 661 g/mol. The van der Waals surface area contributed by atoms with E-state index in [0.29, 0.717) is 22.8 Å². The second-order valence-corrected chi connectivity index (χ2v) is 14.7. The van der Waals surface area contributed by atoms with Crippen molar-refractivity contribution in [2.45, 2.75) is 42.2 Å². The van der Waals surface area contributed by atoms with Crippen molar-refractivity contribution in [2.75, 3.05) is 45.7 Å². The Morgan fingerprint density at radius 1 is 0.978 bits per heavy atom. The number of anilines is 1. The highest BCUT2D eigenvalue weighted by molar-refractivity contribution is 7.92. The summed E-state index contributed by atoms with van der Waals surface area (Å²) in [6.07, 6.45) is -0.833. The van der Waals surface area contributed by atoms with Crippen LogP contribution in [-0.4, -0.2) is 90.2 Å². The van der Waals surface area contributed by atoms with Crippen LogP contribution in [-0.2, 0) is 31.3 Å². The van der Waals surface area contributed by atoms with Gasteiger partial charge in [0, 0.05) is 30.8 Å². The van der Waals surface area contributed by atoms with Gasteiger partial charge in [-0.3, -0.25) is 9.52 Å². The van der Waals surface area contributed by atoms with E-state index in [1.54, 1.807) is 30.0 Å². The van der Waals surface area contributed by atoms with Gasteiger partial charge in [0.25, 0.3) is 10.0 Å². The third kappa shape index (κ3) is 7.87. The number of nitrogens with zero attached hydrogens (tertiary/aromatic N) is 2. The number of likely N-dealkylation sites (N-methyl/N-ethyl adjacent to an activating group) is 1. The quantitative estimate of drug-likeness (QED) is 0.316.